The second-order valence-electron chi connectivity index (χ2n) is 9.53. The highest BCUT2D eigenvalue weighted by Gasteiger charge is 2.22. The average Bonchev–Trinajstić information content (AvgIpc) is 2.71. The number of rotatable bonds is 8. The topological polar surface area (TPSA) is 79.0 Å². The summed E-state index contributed by atoms with van der Waals surface area (Å²) in [4.78, 5) is 37.6. The molecule has 0 unspecified atom stereocenters. The van der Waals surface area contributed by atoms with Crippen LogP contribution in [0.2, 0.25) is 0 Å². The lowest BCUT2D eigenvalue weighted by atomic mass is 10.00. The van der Waals surface area contributed by atoms with E-state index in [9.17, 15) is 14.4 Å². The molecule has 0 aromatic heterocycles. The van der Waals surface area contributed by atoms with Gasteiger partial charge < -0.3 is 19.9 Å². The van der Waals surface area contributed by atoms with Crippen LogP contribution < -0.4 is 5.32 Å². The number of nitrogens with zero attached hydrogens (tertiary/aromatic N) is 2. The van der Waals surface area contributed by atoms with E-state index in [0.29, 0.717) is 18.6 Å². The van der Waals surface area contributed by atoms with Crippen LogP contribution in [-0.4, -0.2) is 74.5 Å². The molecule has 0 saturated carbocycles. The van der Waals surface area contributed by atoms with Crippen LogP contribution in [0, 0.1) is 17.8 Å². The van der Waals surface area contributed by atoms with Gasteiger partial charge in [-0.25, -0.2) is 4.79 Å². The number of esters is 1. The Bertz CT molecular complexity index is 541. The van der Waals surface area contributed by atoms with Crippen molar-refractivity contribution in [1.82, 2.24) is 15.1 Å². The lowest BCUT2D eigenvalue weighted by Gasteiger charge is -2.29. The molecule has 0 aromatic rings. The summed E-state index contributed by atoms with van der Waals surface area (Å²) in [5.41, 5.74) is 0.466. The Kier molecular flexibility index (Phi) is 18.8. The van der Waals surface area contributed by atoms with Crippen LogP contribution in [0.15, 0.2) is 11.6 Å². The fourth-order valence-corrected chi connectivity index (χ4v) is 2.88. The van der Waals surface area contributed by atoms with Gasteiger partial charge in [0.2, 0.25) is 12.3 Å². The second kappa shape index (κ2) is 18.7. The van der Waals surface area contributed by atoms with Crippen molar-refractivity contribution >= 4 is 18.3 Å². The molecule has 0 aliphatic carbocycles. The first-order valence-electron chi connectivity index (χ1n) is 11.8. The molecule has 0 aromatic carbocycles. The molecule has 1 heterocycles. The molecule has 7 nitrogen and oxygen atoms in total. The van der Waals surface area contributed by atoms with Crippen LogP contribution in [0.1, 0.15) is 68.2 Å². The largest absolute Gasteiger partial charge is 0.463 e. The first kappa shape index (κ1) is 32.3. The summed E-state index contributed by atoms with van der Waals surface area (Å²) >= 11 is 0. The third-order valence-corrected chi connectivity index (χ3v) is 4.89. The summed E-state index contributed by atoms with van der Waals surface area (Å²) in [6.45, 7) is 19.0. The Labute approximate surface area is 196 Å². The quantitative estimate of drug-likeness (QED) is 0.343. The van der Waals surface area contributed by atoms with Gasteiger partial charge in [0, 0.05) is 12.6 Å². The predicted octanol–water partition coefficient (Wildman–Crippen LogP) is 3.74. The van der Waals surface area contributed by atoms with Crippen molar-refractivity contribution in [3.05, 3.63) is 11.6 Å². The first-order chi connectivity index (χ1) is 14.9. The van der Waals surface area contributed by atoms with Gasteiger partial charge in [-0.1, -0.05) is 47.6 Å². The minimum absolute atomic E-state index is 0.0600. The Balaban J connectivity index is 0. The average molecular weight is 456 g/mol. The first-order valence-corrected chi connectivity index (χ1v) is 11.8. The molecule has 0 spiro atoms. The van der Waals surface area contributed by atoms with Gasteiger partial charge in [-0.05, 0) is 64.6 Å². The van der Waals surface area contributed by atoms with E-state index in [0.717, 1.165) is 11.8 Å². The number of likely N-dealkylation sites (tertiary alicyclic amines) is 1. The van der Waals surface area contributed by atoms with Crippen molar-refractivity contribution in [1.29, 1.82) is 0 Å². The van der Waals surface area contributed by atoms with E-state index in [4.69, 9.17) is 4.74 Å². The van der Waals surface area contributed by atoms with Gasteiger partial charge in [-0.15, -0.1) is 0 Å². The molecule has 2 amide bonds. The number of likely N-dealkylation sites (N-methyl/N-ethyl adjacent to an activating group) is 1. The zero-order chi connectivity index (χ0) is 25.3. The van der Waals surface area contributed by atoms with Gasteiger partial charge in [-0.2, -0.15) is 0 Å². The number of carbonyl (C=O) groups is 3. The molecule has 1 N–H and O–H groups in total. The van der Waals surface area contributed by atoms with E-state index in [-0.39, 0.29) is 30.4 Å². The number of ether oxygens (including phenoxy) is 1. The van der Waals surface area contributed by atoms with Gasteiger partial charge in [-0.3, -0.25) is 9.59 Å². The Morgan fingerprint density at radius 3 is 2.03 bits per heavy atom. The van der Waals surface area contributed by atoms with Crippen molar-refractivity contribution in [3.63, 3.8) is 0 Å². The maximum Gasteiger partial charge on any atom is 0.333 e. The zero-order valence-corrected chi connectivity index (χ0v) is 22.2. The summed E-state index contributed by atoms with van der Waals surface area (Å²) in [5.74, 6) is 1.34. The van der Waals surface area contributed by atoms with Crippen molar-refractivity contribution in [2.75, 3.05) is 40.3 Å². The summed E-state index contributed by atoms with van der Waals surface area (Å²) < 4.78 is 4.92. The maximum absolute atomic E-state index is 11.9. The number of hydrogen-bond donors (Lipinski definition) is 1. The lowest BCUT2D eigenvalue weighted by Crippen LogP contribution is -2.43. The molecule has 1 rings (SSSR count). The minimum Gasteiger partial charge on any atom is -0.463 e. The highest BCUT2D eigenvalue weighted by molar-refractivity contribution is 5.88. The van der Waals surface area contributed by atoms with Gasteiger partial charge in [0.15, 0.2) is 0 Å². The molecule has 0 radical (unpaired) electrons. The highest BCUT2D eigenvalue weighted by atomic mass is 16.5. The number of hydrogen-bond acceptors (Lipinski definition) is 5. The number of amides is 2. The van der Waals surface area contributed by atoms with E-state index < -0.39 is 0 Å². The van der Waals surface area contributed by atoms with Gasteiger partial charge >= 0.3 is 5.97 Å². The van der Waals surface area contributed by atoms with Crippen molar-refractivity contribution < 1.29 is 19.1 Å². The van der Waals surface area contributed by atoms with E-state index in [1.807, 2.05) is 13.8 Å². The Hall–Kier alpha value is -1.89. The zero-order valence-electron chi connectivity index (χ0n) is 22.2. The molecule has 1 aliphatic rings. The summed E-state index contributed by atoms with van der Waals surface area (Å²) in [5, 5.41) is 2.34. The summed E-state index contributed by atoms with van der Waals surface area (Å²) in [6, 6.07) is -0.236. The summed E-state index contributed by atoms with van der Waals surface area (Å²) in [7, 11) is 3.85. The number of nitrogens with one attached hydrogen (secondary N) is 1. The molecule has 0 bridgehead atoms. The fourth-order valence-electron chi connectivity index (χ4n) is 2.88. The minimum atomic E-state index is -0.384. The molecule has 32 heavy (non-hydrogen) atoms. The van der Waals surface area contributed by atoms with E-state index in [1.165, 1.54) is 30.8 Å². The van der Waals surface area contributed by atoms with Crippen LogP contribution in [-0.2, 0) is 19.1 Å². The molecular weight excluding hydrogens is 406 g/mol. The monoisotopic (exact) mass is 455 g/mol. The normalized spacial score (nSPS) is 15.7. The van der Waals surface area contributed by atoms with Crippen molar-refractivity contribution in [2.45, 2.75) is 74.3 Å². The second-order valence-corrected chi connectivity index (χ2v) is 9.53. The number of carbonyl (C=O) groups excluding carboxylic acids is 3. The van der Waals surface area contributed by atoms with Gasteiger partial charge in [0.25, 0.3) is 0 Å². The maximum atomic E-state index is 11.9. The molecule has 1 aliphatic heterocycles. The third kappa shape index (κ3) is 16.8. The highest BCUT2D eigenvalue weighted by Crippen LogP contribution is 2.14. The standard InChI is InChI=1S/C14H24N2O4.C7H15N.C4H10/c1-6-20-14(19)11(4)7-12(10(2)3)16(5)13(18)8-15-9-17;1-7-3-5-8(2)6-4-7;1-4(2)3/h7,9-10,12H,6,8H2,1-5H3,(H,15,17);7H,3-6H2,1-2H3;4H,1-3H3/b11-7+;;/t12-;;/m1../s1. The number of piperidine rings is 1. The van der Waals surface area contributed by atoms with Gasteiger partial charge in [0.05, 0.1) is 19.2 Å². The van der Waals surface area contributed by atoms with Crippen LogP contribution in [0.3, 0.4) is 0 Å². The Morgan fingerprint density at radius 2 is 1.66 bits per heavy atom. The third-order valence-electron chi connectivity index (χ3n) is 4.89. The SMILES string of the molecule is CC(C)C.CC1CCN(C)CC1.CCOC(=O)/C(C)=C/[C@H](C(C)C)N(C)C(=O)CNC=O. The fraction of sp³-hybridized carbons (Fsp3) is 0.800. The van der Waals surface area contributed by atoms with Gasteiger partial charge in [0.1, 0.15) is 0 Å². The van der Waals surface area contributed by atoms with Crippen LogP contribution in [0.4, 0.5) is 0 Å². The van der Waals surface area contributed by atoms with E-state index in [1.54, 1.807) is 27.0 Å². The van der Waals surface area contributed by atoms with Crippen LogP contribution >= 0.6 is 0 Å². The molecule has 7 heteroatoms. The molecule has 1 saturated heterocycles. The summed E-state index contributed by atoms with van der Waals surface area (Å²) in [6.07, 6.45) is 5.00. The van der Waals surface area contributed by atoms with E-state index in [2.05, 4.69) is 45.0 Å². The van der Waals surface area contributed by atoms with Crippen LogP contribution in [0.25, 0.3) is 0 Å². The van der Waals surface area contributed by atoms with Crippen molar-refractivity contribution in [3.8, 4) is 0 Å². The molecule has 188 valence electrons. The van der Waals surface area contributed by atoms with Crippen LogP contribution in [0.5, 0.6) is 0 Å². The smallest absolute Gasteiger partial charge is 0.333 e. The lowest BCUT2D eigenvalue weighted by molar-refractivity contribution is -0.138. The van der Waals surface area contributed by atoms with E-state index >= 15 is 0 Å². The van der Waals surface area contributed by atoms with Crippen molar-refractivity contribution in [2.24, 2.45) is 17.8 Å². The molecular formula is C25H49N3O4. The molecule has 1 fully saturated rings. The molecule has 1 atom stereocenters. The Morgan fingerprint density at radius 1 is 1.16 bits per heavy atom. The predicted molar refractivity (Wildman–Crippen MR) is 132 cm³/mol.